The van der Waals surface area contributed by atoms with Gasteiger partial charge in [0.2, 0.25) is 0 Å². The Morgan fingerprint density at radius 1 is 1.50 bits per heavy atom. The van der Waals surface area contributed by atoms with Gasteiger partial charge in [0.25, 0.3) is 0 Å². The summed E-state index contributed by atoms with van der Waals surface area (Å²) in [6.45, 7) is 2.30. The number of methoxy groups -OCH3 is 1. The molecule has 1 heterocycles. The molecule has 0 spiro atoms. The van der Waals surface area contributed by atoms with Crippen molar-refractivity contribution in [2.75, 3.05) is 26.9 Å². The summed E-state index contributed by atoms with van der Waals surface area (Å²) in [6, 6.07) is 8.19. The number of hydrogen-bond donors (Lipinski definition) is 1. The van der Waals surface area contributed by atoms with Gasteiger partial charge in [0.1, 0.15) is 5.75 Å². The van der Waals surface area contributed by atoms with Crippen LogP contribution in [0.15, 0.2) is 24.3 Å². The van der Waals surface area contributed by atoms with Crippen LogP contribution in [-0.4, -0.2) is 26.9 Å². The van der Waals surface area contributed by atoms with Crippen LogP contribution in [0.2, 0.25) is 0 Å². The first-order chi connectivity index (χ1) is 7.78. The van der Waals surface area contributed by atoms with E-state index in [2.05, 4.69) is 12.1 Å². The summed E-state index contributed by atoms with van der Waals surface area (Å²) in [7, 11) is 1.69. The summed E-state index contributed by atoms with van der Waals surface area (Å²) in [5.41, 5.74) is 7.28. The van der Waals surface area contributed by atoms with Crippen LogP contribution in [0.25, 0.3) is 0 Å². The summed E-state index contributed by atoms with van der Waals surface area (Å²) < 4.78 is 10.7. The second kappa shape index (κ2) is 4.85. The minimum Gasteiger partial charge on any atom is -0.497 e. The maximum Gasteiger partial charge on any atom is 0.119 e. The van der Waals surface area contributed by atoms with Gasteiger partial charge >= 0.3 is 0 Å². The van der Waals surface area contributed by atoms with Gasteiger partial charge in [-0.3, -0.25) is 0 Å². The molecule has 0 saturated carbocycles. The molecule has 2 rings (SSSR count). The highest BCUT2D eigenvalue weighted by atomic mass is 16.5. The standard InChI is InChI=1S/C13H19NO2/c1-15-12-4-2-3-11(7-12)8-13(9-14)5-6-16-10-13/h2-4,7H,5-6,8-10,14H2,1H3. The zero-order valence-corrected chi connectivity index (χ0v) is 9.74. The van der Waals surface area contributed by atoms with Crippen LogP contribution < -0.4 is 10.5 Å². The van der Waals surface area contributed by atoms with E-state index in [1.54, 1.807) is 7.11 Å². The molecule has 2 N–H and O–H groups in total. The average Bonchev–Trinajstić information content (AvgIpc) is 2.78. The molecular formula is C13H19NO2. The summed E-state index contributed by atoms with van der Waals surface area (Å²) in [5.74, 6) is 0.906. The van der Waals surface area contributed by atoms with Crippen molar-refractivity contribution in [3.8, 4) is 5.75 Å². The molecule has 0 aromatic heterocycles. The number of benzene rings is 1. The largest absolute Gasteiger partial charge is 0.497 e. The molecule has 0 aliphatic carbocycles. The molecule has 0 amide bonds. The van der Waals surface area contributed by atoms with Crippen LogP contribution in [0, 0.1) is 5.41 Å². The van der Waals surface area contributed by atoms with E-state index in [4.69, 9.17) is 15.2 Å². The van der Waals surface area contributed by atoms with E-state index >= 15 is 0 Å². The molecule has 1 aliphatic rings. The first kappa shape index (κ1) is 11.4. The van der Waals surface area contributed by atoms with Crippen molar-refractivity contribution in [3.63, 3.8) is 0 Å². The van der Waals surface area contributed by atoms with Crippen molar-refractivity contribution < 1.29 is 9.47 Å². The van der Waals surface area contributed by atoms with Gasteiger partial charge in [0.05, 0.1) is 13.7 Å². The fourth-order valence-corrected chi connectivity index (χ4v) is 2.24. The molecule has 1 atom stereocenters. The maximum atomic E-state index is 5.88. The van der Waals surface area contributed by atoms with Crippen LogP contribution in [-0.2, 0) is 11.2 Å². The monoisotopic (exact) mass is 221 g/mol. The Balaban J connectivity index is 2.12. The molecule has 88 valence electrons. The van der Waals surface area contributed by atoms with Crippen LogP contribution in [0.3, 0.4) is 0 Å². The molecule has 1 aromatic rings. The Bertz CT molecular complexity index is 346. The molecule has 0 bridgehead atoms. The van der Waals surface area contributed by atoms with Crippen molar-refractivity contribution in [3.05, 3.63) is 29.8 Å². The van der Waals surface area contributed by atoms with Gasteiger partial charge < -0.3 is 15.2 Å². The van der Waals surface area contributed by atoms with E-state index in [9.17, 15) is 0 Å². The van der Waals surface area contributed by atoms with Gasteiger partial charge in [-0.1, -0.05) is 12.1 Å². The van der Waals surface area contributed by atoms with Crippen molar-refractivity contribution in [1.29, 1.82) is 0 Å². The topological polar surface area (TPSA) is 44.5 Å². The van der Waals surface area contributed by atoms with Gasteiger partial charge in [0.15, 0.2) is 0 Å². The van der Waals surface area contributed by atoms with Crippen molar-refractivity contribution in [1.82, 2.24) is 0 Å². The lowest BCUT2D eigenvalue weighted by Gasteiger charge is -2.25. The van der Waals surface area contributed by atoms with Gasteiger partial charge in [-0.2, -0.15) is 0 Å². The second-order valence-electron chi connectivity index (χ2n) is 4.54. The Morgan fingerprint density at radius 3 is 3.00 bits per heavy atom. The number of rotatable bonds is 4. The lowest BCUT2D eigenvalue weighted by molar-refractivity contribution is 0.154. The van der Waals surface area contributed by atoms with E-state index in [-0.39, 0.29) is 5.41 Å². The molecule has 0 radical (unpaired) electrons. The fourth-order valence-electron chi connectivity index (χ4n) is 2.24. The summed E-state index contributed by atoms with van der Waals surface area (Å²) in [6.07, 6.45) is 2.03. The highest BCUT2D eigenvalue weighted by molar-refractivity contribution is 5.29. The lowest BCUT2D eigenvalue weighted by atomic mass is 9.81. The predicted molar refractivity (Wildman–Crippen MR) is 63.6 cm³/mol. The van der Waals surface area contributed by atoms with Gasteiger partial charge in [-0.05, 0) is 30.5 Å². The molecular weight excluding hydrogens is 202 g/mol. The average molecular weight is 221 g/mol. The fraction of sp³-hybridized carbons (Fsp3) is 0.538. The normalized spacial score (nSPS) is 24.6. The molecule has 1 fully saturated rings. The van der Waals surface area contributed by atoms with Gasteiger partial charge in [-0.15, -0.1) is 0 Å². The first-order valence-corrected chi connectivity index (χ1v) is 5.69. The maximum absolute atomic E-state index is 5.88. The molecule has 3 heteroatoms. The highest BCUT2D eigenvalue weighted by Crippen LogP contribution is 2.32. The second-order valence-corrected chi connectivity index (χ2v) is 4.54. The predicted octanol–water partition coefficient (Wildman–Crippen LogP) is 1.60. The molecule has 1 unspecified atom stereocenters. The van der Waals surface area contributed by atoms with Crippen molar-refractivity contribution >= 4 is 0 Å². The van der Waals surface area contributed by atoms with E-state index in [1.165, 1.54) is 5.56 Å². The van der Waals surface area contributed by atoms with E-state index in [0.717, 1.165) is 31.8 Å². The Kier molecular flexibility index (Phi) is 3.46. The Labute approximate surface area is 96.5 Å². The summed E-state index contributed by atoms with van der Waals surface area (Å²) in [4.78, 5) is 0. The third kappa shape index (κ3) is 2.36. The van der Waals surface area contributed by atoms with E-state index < -0.39 is 0 Å². The first-order valence-electron chi connectivity index (χ1n) is 5.69. The van der Waals surface area contributed by atoms with Crippen molar-refractivity contribution in [2.24, 2.45) is 11.1 Å². The molecule has 1 saturated heterocycles. The minimum absolute atomic E-state index is 0.131. The van der Waals surface area contributed by atoms with Crippen LogP contribution in [0.1, 0.15) is 12.0 Å². The van der Waals surface area contributed by atoms with Crippen LogP contribution in [0.4, 0.5) is 0 Å². The summed E-state index contributed by atoms with van der Waals surface area (Å²) >= 11 is 0. The Morgan fingerprint density at radius 2 is 2.38 bits per heavy atom. The Hall–Kier alpha value is -1.06. The lowest BCUT2D eigenvalue weighted by Crippen LogP contribution is -2.33. The number of ether oxygens (including phenoxy) is 2. The van der Waals surface area contributed by atoms with Gasteiger partial charge in [0, 0.05) is 18.6 Å². The molecule has 1 aromatic carbocycles. The molecule has 1 aliphatic heterocycles. The van der Waals surface area contributed by atoms with Crippen molar-refractivity contribution in [2.45, 2.75) is 12.8 Å². The minimum atomic E-state index is 0.131. The third-order valence-electron chi connectivity index (χ3n) is 3.33. The van der Waals surface area contributed by atoms with Gasteiger partial charge in [-0.25, -0.2) is 0 Å². The quantitative estimate of drug-likeness (QED) is 0.840. The molecule has 16 heavy (non-hydrogen) atoms. The zero-order chi connectivity index (χ0) is 11.4. The van der Waals surface area contributed by atoms with E-state index in [0.29, 0.717) is 6.54 Å². The van der Waals surface area contributed by atoms with Crippen LogP contribution in [0.5, 0.6) is 5.75 Å². The molecule has 3 nitrogen and oxygen atoms in total. The van der Waals surface area contributed by atoms with E-state index in [1.807, 2.05) is 12.1 Å². The summed E-state index contributed by atoms with van der Waals surface area (Å²) in [5, 5.41) is 0. The number of hydrogen-bond acceptors (Lipinski definition) is 3. The smallest absolute Gasteiger partial charge is 0.119 e. The highest BCUT2D eigenvalue weighted by Gasteiger charge is 2.33. The zero-order valence-electron chi connectivity index (χ0n) is 9.74. The van der Waals surface area contributed by atoms with Crippen LogP contribution >= 0.6 is 0 Å². The third-order valence-corrected chi connectivity index (χ3v) is 3.33. The number of nitrogens with two attached hydrogens (primary N) is 1. The SMILES string of the molecule is COc1cccc(CC2(CN)CCOC2)c1.